The Kier molecular flexibility index (Phi) is 10.5. The zero-order valence-electron chi connectivity index (χ0n) is 21.5. The second-order valence-electron chi connectivity index (χ2n) is 8.42. The minimum atomic E-state index is -4.80. The van der Waals surface area contributed by atoms with E-state index in [-0.39, 0.29) is 23.1 Å². The monoisotopic (exact) mass is 593 g/mol. The lowest BCUT2D eigenvalue weighted by atomic mass is 9.88. The number of alkyl halides is 8. The number of epoxide rings is 1. The molecular formula is C28H27ClF7NO3. The molecule has 0 aromatic heterocycles. The van der Waals surface area contributed by atoms with Gasteiger partial charge in [0, 0.05) is 5.69 Å². The molecule has 5 rings (SSSR count). The van der Waals surface area contributed by atoms with Crippen LogP contribution >= 0.6 is 11.6 Å². The Morgan fingerprint density at radius 3 is 2.10 bits per heavy atom. The molecule has 0 amide bonds. The van der Waals surface area contributed by atoms with Gasteiger partial charge in [0.15, 0.2) is 5.56 Å². The third kappa shape index (κ3) is 8.92. The van der Waals surface area contributed by atoms with Crippen LogP contribution in [0.2, 0.25) is 0 Å². The quantitative estimate of drug-likeness (QED) is 0.176. The van der Waals surface area contributed by atoms with Crippen molar-refractivity contribution in [2.24, 2.45) is 0 Å². The van der Waals surface area contributed by atoms with E-state index >= 15 is 0 Å². The highest BCUT2D eigenvalue weighted by Crippen LogP contribution is 2.40. The molecule has 0 unspecified atom stereocenters. The summed E-state index contributed by atoms with van der Waals surface area (Å²) < 4.78 is 102. The minimum Gasteiger partial charge on any atom is -0.428 e. The van der Waals surface area contributed by atoms with Crippen LogP contribution in [0.1, 0.15) is 37.4 Å². The molecule has 3 aromatic rings. The number of anilines is 1. The van der Waals surface area contributed by atoms with Gasteiger partial charge in [-0.15, -0.1) is 13.2 Å². The first-order chi connectivity index (χ1) is 18.9. The van der Waals surface area contributed by atoms with E-state index in [2.05, 4.69) is 19.5 Å². The van der Waals surface area contributed by atoms with Crippen molar-refractivity contribution in [1.82, 2.24) is 0 Å². The van der Waals surface area contributed by atoms with Crippen molar-refractivity contribution in [3.8, 4) is 22.6 Å². The number of fused-ring (bicyclic) bond motifs is 1. The van der Waals surface area contributed by atoms with Gasteiger partial charge in [0.2, 0.25) is 0 Å². The van der Waals surface area contributed by atoms with Crippen LogP contribution in [0.3, 0.4) is 0 Å². The van der Waals surface area contributed by atoms with Crippen molar-refractivity contribution < 1.29 is 44.9 Å². The fourth-order valence-corrected chi connectivity index (χ4v) is 4.03. The van der Waals surface area contributed by atoms with Crippen LogP contribution < -0.4 is 14.8 Å². The highest BCUT2D eigenvalue weighted by molar-refractivity contribution is 6.21. The molecule has 2 aliphatic heterocycles. The van der Waals surface area contributed by atoms with Gasteiger partial charge >= 0.3 is 18.9 Å². The van der Waals surface area contributed by atoms with E-state index in [1.165, 1.54) is 36.4 Å². The molecule has 1 N–H and O–H groups in total. The van der Waals surface area contributed by atoms with Crippen LogP contribution in [0.5, 0.6) is 11.5 Å². The molecule has 2 heterocycles. The van der Waals surface area contributed by atoms with E-state index < -0.39 is 18.9 Å². The SMILES string of the molecule is CC.Cl[C@@H]1CO1.FC(F)C(F)(F)Oc1cccc([C@H]2CCc3c(cccc3-c3cccc(OC(F)(F)F)c3)N2)c1. The van der Waals surface area contributed by atoms with Gasteiger partial charge in [-0.3, -0.25) is 0 Å². The average Bonchev–Trinajstić information content (AvgIpc) is 3.70. The molecule has 0 aliphatic carbocycles. The summed E-state index contributed by atoms with van der Waals surface area (Å²) in [4.78, 5) is 0. The highest BCUT2D eigenvalue weighted by atomic mass is 35.5. The fraction of sp³-hybridized carbons (Fsp3) is 0.357. The zero-order chi connectivity index (χ0) is 29.5. The van der Waals surface area contributed by atoms with E-state index in [0.717, 1.165) is 23.4 Å². The van der Waals surface area contributed by atoms with Gasteiger partial charge in [0.1, 0.15) is 11.5 Å². The third-order valence-electron chi connectivity index (χ3n) is 5.63. The van der Waals surface area contributed by atoms with Crippen LogP contribution in [0.4, 0.5) is 36.4 Å². The van der Waals surface area contributed by atoms with Crippen molar-refractivity contribution in [2.75, 3.05) is 11.9 Å². The maximum Gasteiger partial charge on any atom is 0.573 e. The van der Waals surface area contributed by atoms with Crippen LogP contribution in [0, 0.1) is 0 Å². The molecule has 3 aromatic carbocycles. The van der Waals surface area contributed by atoms with Gasteiger partial charge in [0.25, 0.3) is 0 Å². The van der Waals surface area contributed by atoms with E-state index in [9.17, 15) is 30.7 Å². The van der Waals surface area contributed by atoms with Crippen molar-refractivity contribution in [2.45, 2.75) is 57.2 Å². The summed E-state index contributed by atoms with van der Waals surface area (Å²) in [5, 5.41) is 3.29. The Morgan fingerprint density at radius 2 is 1.50 bits per heavy atom. The predicted molar refractivity (Wildman–Crippen MR) is 138 cm³/mol. The number of halogens is 8. The van der Waals surface area contributed by atoms with Gasteiger partial charge in [-0.2, -0.15) is 17.6 Å². The predicted octanol–water partition coefficient (Wildman–Crippen LogP) is 9.20. The molecule has 2 atom stereocenters. The molecule has 4 nitrogen and oxygen atoms in total. The summed E-state index contributed by atoms with van der Waals surface area (Å²) in [5.74, 6) is -0.715. The standard InChI is InChI=1S/C24H18F7NO2.C2H3ClO.C2H6/c25-22(26)23(27,28)33-16-6-2-5-15(13-16)20-11-10-19-18(8-3-9-21(19)32-20)14-4-1-7-17(12-14)34-24(29,30)31;3-2-1-4-2;1-2/h1-9,12-13,20,22,32H,10-11H2;2H,1H2;1-2H3/t20-;2-;/m10./s1. The second kappa shape index (κ2) is 13.5. The van der Waals surface area contributed by atoms with Crippen LogP contribution in [-0.2, 0) is 11.2 Å². The van der Waals surface area contributed by atoms with Crippen molar-refractivity contribution in [3.63, 3.8) is 0 Å². The largest absolute Gasteiger partial charge is 0.573 e. The van der Waals surface area contributed by atoms with Gasteiger partial charge in [-0.25, -0.2) is 0 Å². The van der Waals surface area contributed by atoms with E-state index in [0.29, 0.717) is 24.0 Å². The average molecular weight is 594 g/mol. The molecule has 40 heavy (non-hydrogen) atoms. The zero-order valence-corrected chi connectivity index (χ0v) is 22.2. The number of benzene rings is 3. The number of rotatable bonds is 6. The van der Waals surface area contributed by atoms with Crippen molar-refractivity contribution >= 4 is 17.3 Å². The Morgan fingerprint density at radius 1 is 0.900 bits per heavy atom. The molecule has 0 bridgehead atoms. The molecular weight excluding hydrogens is 567 g/mol. The highest BCUT2D eigenvalue weighted by Gasteiger charge is 2.44. The van der Waals surface area contributed by atoms with E-state index in [1.807, 2.05) is 13.8 Å². The first kappa shape index (κ1) is 31.3. The molecule has 12 heteroatoms. The smallest absolute Gasteiger partial charge is 0.428 e. The maximum absolute atomic E-state index is 13.3. The normalized spacial score (nSPS) is 17.8. The first-order valence-electron chi connectivity index (χ1n) is 12.4. The molecule has 0 spiro atoms. The maximum atomic E-state index is 13.3. The van der Waals surface area contributed by atoms with Crippen molar-refractivity contribution in [1.29, 1.82) is 0 Å². The van der Waals surface area contributed by atoms with Gasteiger partial charge in [-0.05, 0) is 65.4 Å². The molecule has 0 radical (unpaired) electrons. The minimum absolute atomic E-state index is 0.0556. The van der Waals surface area contributed by atoms with Crippen molar-refractivity contribution in [3.05, 3.63) is 77.9 Å². The number of hydrogen-bond donors (Lipinski definition) is 1. The number of ether oxygens (including phenoxy) is 3. The molecule has 1 saturated heterocycles. The van der Waals surface area contributed by atoms with Crippen LogP contribution in [0.15, 0.2) is 66.7 Å². The van der Waals surface area contributed by atoms with Gasteiger partial charge < -0.3 is 19.5 Å². The summed E-state index contributed by atoms with van der Waals surface area (Å²) >= 11 is 5.16. The lowest BCUT2D eigenvalue weighted by Crippen LogP contribution is -2.33. The fourth-order valence-electron chi connectivity index (χ4n) is 3.95. The molecule has 2 aliphatic rings. The second-order valence-corrected chi connectivity index (χ2v) is 8.91. The topological polar surface area (TPSA) is 43.0 Å². The third-order valence-corrected chi connectivity index (χ3v) is 5.88. The molecule has 218 valence electrons. The first-order valence-corrected chi connectivity index (χ1v) is 12.8. The van der Waals surface area contributed by atoms with Crippen LogP contribution in [0.25, 0.3) is 11.1 Å². The molecule has 1 fully saturated rings. The summed E-state index contributed by atoms with van der Waals surface area (Å²) in [6, 6.07) is 16.2. The van der Waals surface area contributed by atoms with Crippen LogP contribution in [-0.4, -0.2) is 31.1 Å². The summed E-state index contributed by atoms with van der Waals surface area (Å²) in [5.41, 5.74) is 3.49. The van der Waals surface area contributed by atoms with Gasteiger partial charge in [-0.1, -0.05) is 61.8 Å². The Hall–Kier alpha value is -3.18. The lowest BCUT2D eigenvalue weighted by molar-refractivity contribution is -0.274. The Labute approximate surface area is 232 Å². The lowest BCUT2D eigenvalue weighted by Gasteiger charge is -2.29. The Bertz CT molecular complexity index is 1250. The molecule has 0 saturated carbocycles. The van der Waals surface area contributed by atoms with E-state index in [1.54, 1.807) is 30.3 Å². The van der Waals surface area contributed by atoms with E-state index in [4.69, 9.17) is 11.6 Å². The summed E-state index contributed by atoms with van der Waals surface area (Å²) in [6.07, 6.45) is -12.3. The summed E-state index contributed by atoms with van der Waals surface area (Å²) in [7, 11) is 0. The number of hydrogen-bond acceptors (Lipinski definition) is 4. The Balaban J connectivity index is 0.000000662. The van der Waals surface area contributed by atoms with Gasteiger partial charge in [0.05, 0.1) is 12.6 Å². The summed E-state index contributed by atoms with van der Waals surface area (Å²) in [6.45, 7) is 4.75. The number of nitrogens with one attached hydrogen (secondary N) is 1.